The Hall–Kier alpha value is -1.50. The first-order valence-corrected chi connectivity index (χ1v) is 3.66. The second-order valence-corrected chi connectivity index (χ2v) is 2.69. The van der Waals surface area contributed by atoms with Gasteiger partial charge in [0.1, 0.15) is 5.15 Å². The number of nitrogens with one attached hydrogen (secondary N) is 1. The minimum atomic E-state index is -2.97. The van der Waals surface area contributed by atoms with Gasteiger partial charge in [-0.25, -0.2) is 8.78 Å². The van der Waals surface area contributed by atoms with Crippen LogP contribution in [0.1, 0.15) is 12.0 Å². The molecule has 0 aliphatic heterocycles. The third kappa shape index (κ3) is 1.87. The highest BCUT2D eigenvalue weighted by atomic mass is 35.5. The van der Waals surface area contributed by atoms with Crippen LogP contribution in [-0.2, 0) is 0 Å². The second kappa shape index (κ2) is 3.70. The molecule has 1 N–H and O–H groups in total. The topological polar surface area (TPSA) is 76.0 Å². The van der Waals surface area contributed by atoms with E-state index in [4.69, 9.17) is 11.6 Å². The highest BCUT2D eigenvalue weighted by molar-refractivity contribution is 6.30. The number of halogens is 3. The Balaban J connectivity index is 3.42. The van der Waals surface area contributed by atoms with Crippen LogP contribution in [0, 0.1) is 10.1 Å². The van der Waals surface area contributed by atoms with Crippen LogP contribution in [0.4, 0.5) is 14.5 Å². The van der Waals surface area contributed by atoms with Crippen molar-refractivity contribution in [2.24, 2.45) is 0 Å². The first-order chi connectivity index (χ1) is 6.43. The van der Waals surface area contributed by atoms with Gasteiger partial charge >= 0.3 is 11.2 Å². The molecule has 0 saturated carbocycles. The molecule has 8 heteroatoms. The fourth-order valence-electron chi connectivity index (χ4n) is 0.806. The summed E-state index contributed by atoms with van der Waals surface area (Å²) in [7, 11) is 0. The molecule has 0 spiro atoms. The Bertz CT molecular complexity index is 432. The van der Waals surface area contributed by atoms with Crippen molar-refractivity contribution in [2.45, 2.75) is 6.43 Å². The smallest absolute Gasteiger partial charge is 0.307 e. The second-order valence-electron chi connectivity index (χ2n) is 2.31. The van der Waals surface area contributed by atoms with Crippen molar-refractivity contribution in [3.05, 3.63) is 37.3 Å². The number of nitrogens with zero attached hydrogens (tertiary/aromatic N) is 1. The first kappa shape index (κ1) is 10.6. The number of alkyl halides is 2. The van der Waals surface area contributed by atoms with Gasteiger partial charge in [0.2, 0.25) is 0 Å². The number of hydrogen-bond acceptors (Lipinski definition) is 3. The molecule has 0 amide bonds. The maximum absolute atomic E-state index is 12.2. The van der Waals surface area contributed by atoms with Crippen molar-refractivity contribution >= 4 is 17.3 Å². The molecule has 1 aromatic rings. The van der Waals surface area contributed by atoms with Crippen molar-refractivity contribution in [3.8, 4) is 0 Å². The predicted octanol–water partition coefficient (Wildman–Crippen LogP) is 1.87. The van der Waals surface area contributed by atoms with Gasteiger partial charge in [-0.2, -0.15) is 0 Å². The maximum atomic E-state index is 12.2. The summed E-state index contributed by atoms with van der Waals surface area (Å²) in [6, 6.07) is 0.464. The third-order valence-corrected chi connectivity index (χ3v) is 1.75. The molecule has 0 unspecified atom stereocenters. The van der Waals surface area contributed by atoms with Crippen molar-refractivity contribution < 1.29 is 13.7 Å². The van der Waals surface area contributed by atoms with E-state index >= 15 is 0 Å². The summed E-state index contributed by atoms with van der Waals surface area (Å²) in [4.78, 5) is 21.7. The van der Waals surface area contributed by atoms with Gasteiger partial charge in [0.25, 0.3) is 6.43 Å². The quantitative estimate of drug-likeness (QED) is 0.473. The molecule has 0 fully saturated rings. The molecule has 14 heavy (non-hydrogen) atoms. The maximum Gasteiger partial charge on any atom is 0.334 e. The number of rotatable bonds is 2. The largest absolute Gasteiger partial charge is 0.334 e. The van der Waals surface area contributed by atoms with Gasteiger partial charge in [0, 0.05) is 6.07 Å². The minimum Gasteiger partial charge on any atom is -0.307 e. The third-order valence-electron chi connectivity index (χ3n) is 1.43. The Labute approximate surface area is 80.5 Å². The molecule has 0 saturated heterocycles. The summed E-state index contributed by atoms with van der Waals surface area (Å²) in [5.41, 5.74) is -2.83. The lowest BCUT2D eigenvalue weighted by Gasteiger charge is -2.01. The number of nitro groups is 1. The van der Waals surface area contributed by atoms with Gasteiger partial charge in [0.15, 0.2) is 0 Å². The predicted molar refractivity (Wildman–Crippen MR) is 43.7 cm³/mol. The van der Waals surface area contributed by atoms with Gasteiger partial charge in [-0.15, -0.1) is 0 Å². The summed E-state index contributed by atoms with van der Waals surface area (Å²) in [6.45, 7) is 0. The molecule has 0 atom stereocenters. The first-order valence-electron chi connectivity index (χ1n) is 3.28. The number of aromatic amines is 1. The average Bonchev–Trinajstić information content (AvgIpc) is 2.02. The lowest BCUT2D eigenvalue weighted by Crippen LogP contribution is -2.12. The van der Waals surface area contributed by atoms with Crippen LogP contribution in [-0.4, -0.2) is 9.91 Å². The summed E-state index contributed by atoms with van der Waals surface area (Å²) < 4.78 is 24.3. The Morgan fingerprint density at radius 2 is 2.14 bits per heavy atom. The Morgan fingerprint density at radius 3 is 2.57 bits per heavy atom. The van der Waals surface area contributed by atoms with Crippen molar-refractivity contribution in [1.29, 1.82) is 0 Å². The van der Waals surface area contributed by atoms with Gasteiger partial charge in [-0.1, -0.05) is 11.6 Å². The van der Waals surface area contributed by atoms with Gasteiger partial charge in [-0.3, -0.25) is 14.9 Å². The fourth-order valence-corrected chi connectivity index (χ4v) is 1.03. The monoisotopic (exact) mass is 224 g/mol. The van der Waals surface area contributed by atoms with Crippen LogP contribution in [0.2, 0.25) is 5.15 Å². The zero-order valence-corrected chi connectivity index (χ0v) is 7.22. The SMILES string of the molecule is O=c1[nH]c(Cl)c(C(F)F)cc1[N+](=O)[O-]. The summed E-state index contributed by atoms with van der Waals surface area (Å²) >= 11 is 5.24. The van der Waals surface area contributed by atoms with Crippen LogP contribution >= 0.6 is 11.6 Å². The Morgan fingerprint density at radius 1 is 1.57 bits per heavy atom. The van der Waals surface area contributed by atoms with Crippen LogP contribution in [0.15, 0.2) is 10.9 Å². The normalized spacial score (nSPS) is 10.6. The molecule has 0 aliphatic rings. The molecule has 0 radical (unpaired) electrons. The van der Waals surface area contributed by atoms with E-state index < -0.39 is 33.3 Å². The molecule has 1 aromatic heterocycles. The molecule has 0 bridgehead atoms. The number of aromatic nitrogens is 1. The molecular formula is C6H3ClF2N2O3. The average molecular weight is 225 g/mol. The van der Waals surface area contributed by atoms with Crippen molar-refractivity contribution in [3.63, 3.8) is 0 Å². The van der Waals surface area contributed by atoms with Crippen molar-refractivity contribution in [2.75, 3.05) is 0 Å². The van der Waals surface area contributed by atoms with Crippen molar-refractivity contribution in [1.82, 2.24) is 4.98 Å². The standard InChI is InChI=1S/C6H3ClF2N2O3/c7-4-2(5(8)9)1-3(11(13)14)6(12)10-4/h1,5H,(H,10,12). The van der Waals surface area contributed by atoms with Crippen LogP contribution < -0.4 is 5.56 Å². The zero-order chi connectivity index (χ0) is 10.9. The molecule has 1 rings (SSSR count). The zero-order valence-electron chi connectivity index (χ0n) is 6.46. The van der Waals surface area contributed by atoms with E-state index in [1.165, 1.54) is 0 Å². The highest BCUT2D eigenvalue weighted by Crippen LogP contribution is 2.26. The van der Waals surface area contributed by atoms with Gasteiger partial charge in [-0.05, 0) is 0 Å². The molecule has 1 heterocycles. The van der Waals surface area contributed by atoms with Crippen LogP contribution in [0.3, 0.4) is 0 Å². The van der Waals surface area contributed by atoms with E-state index in [2.05, 4.69) is 0 Å². The van der Waals surface area contributed by atoms with Gasteiger partial charge in [0.05, 0.1) is 10.5 Å². The van der Waals surface area contributed by atoms with E-state index in [1.807, 2.05) is 0 Å². The molecule has 76 valence electrons. The highest BCUT2D eigenvalue weighted by Gasteiger charge is 2.20. The van der Waals surface area contributed by atoms with E-state index in [9.17, 15) is 23.7 Å². The number of pyridine rings is 1. The van der Waals surface area contributed by atoms with Crippen LogP contribution in [0.5, 0.6) is 0 Å². The van der Waals surface area contributed by atoms with Crippen LogP contribution in [0.25, 0.3) is 0 Å². The molecule has 0 aromatic carbocycles. The molecular weight excluding hydrogens is 222 g/mol. The minimum absolute atomic E-state index is 0.464. The van der Waals surface area contributed by atoms with E-state index in [1.54, 1.807) is 4.98 Å². The molecule has 5 nitrogen and oxygen atoms in total. The number of H-pyrrole nitrogens is 1. The lowest BCUT2D eigenvalue weighted by atomic mass is 10.3. The lowest BCUT2D eigenvalue weighted by molar-refractivity contribution is -0.386. The molecule has 0 aliphatic carbocycles. The van der Waals surface area contributed by atoms with Gasteiger partial charge < -0.3 is 4.98 Å². The summed E-state index contributed by atoms with van der Waals surface area (Å²) in [5, 5.41) is 9.62. The van der Waals surface area contributed by atoms with E-state index in [0.29, 0.717) is 6.07 Å². The van der Waals surface area contributed by atoms with E-state index in [-0.39, 0.29) is 0 Å². The Kier molecular flexibility index (Phi) is 2.80. The van der Waals surface area contributed by atoms with E-state index in [0.717, 1.165) is 0 Å². The number of hydrogen-bond donors (Lipinski definition) is 1. The summed E-state index contributed by atoms with van der Waals surface area (Å²) in [5.74, 6) is 0. The summed E-state index contributed by atoms with van der Waals surface area (Å²) in [6.07, 6.45) is -2.97. The fraction of sp³-hybridized carbons (Fsp3) is 0.167.